The summed E-state index contributed by atoms with van der Waals surface area (Å²) >= 11 is 0. The number of halogens is 1. The molecule has 0 aliphatic heterocycles. The Kier molecular flexibility index (Phi) is 6.37. The lowest BCUT2D eigenvalue weighted by atomic mass is 10.1. The van der Waals surface area contributed by atoms with Crippen molar-refractivity contribution in [1.82, 2.24) is 4.90 Å². The van der Waals surface area contributed by atoms with E-state index in [0.29, 0.717) is 13.0 Å². The minimum atomic E-state index is -3.73. The number of anilines is 1. The summed E-state index contributed by atoms with van der Waals surface area (Å²) in [5, 5.41) is 0. The average Bonchev–Trinajstić information content (AvgIpc) is 2.60. The van der Waals surface area contributed by atoms with Crippen LogP contribution >= 0.6 is 0 Å². The molecule has 0 saturated carbocycles. The number of rotatable bonds is 7. The van der Waals surface area contributed by atoms with Crippen LogP contribution in [0.3, 0.4) is 0 Å². The highest BCUT2D eigenvalue weighted by atomic mass is 32.2. The predicted molar refractivity (Wildman–Crippen MR) is 101 cm³/mol. The highest BCUT2D eigenvalue weighted by Gasteiger charge is 2.33. The van der Waals surface area contributed by atoms with Gasteiger partial charge in [0.25, 0.3) is 0 Å². The van der Waals surface area contributed by atoms with Crippen molar-refractivity contribution in [3.05, 3.63) is 66.0 Å². The number of amides is 1. The van der Waals surface area contributed by atoms with E-state index < -0.39 is 21.9 Å². The van der Waals surface area contributed by atoms with Gasteiger partial charge in [0.15, 0.2) is 0 Å². The van der Waals surface area contributed by atoms with Gasteiger partial charge in [0, 0.05) is 13.6 Å². The van der Waals surface area contributed by atoms with Gasteiger partial charge in [0.05, 0.1) is 11.9 Å². The van der Waals surface area contributed by atoms with E-state index in [9.17, 15) is 17.6 Å². The summed E-state index contributed by atoms with van der Waals surface area (Å²) in [7, 11) is -2.09. The molecule has 2 aromatic carbocycles. The quantitative estimate of drug-likeness (QED) is 0.744. The molecule has 0 aromatic heterocycles. The highest BCUT2D eigenvalue weighted by molar-refractivity contribution is 7.92. The van der Waals surface area contributed by atoms with Crippen LogP contribution in [0.15, 0.2) is 54.6 Å². The van der Waals surface area contributed by atoms with Crippen LogP contribution in [0, 0.1) is 5.82 Å². The van der Waals surface area contributed by atoms with Gasteiger partial charge in [-0.3, -0.25) is 9.10 Å². The second-order valence-electron chi connectivity index (χ2n) is 6.14. The van der Waals surface area contributed by atoms with Crippen LogP contribution in [0.5, 0.6) is 0 Å². The third-order valence-electron chi connectivity index (χ3n) is 4.03. The second-order valence-corrected chi connectivity index (χ2v) is 8.00. The van der Waals surface area contributed by atoms with E-state index in [-0.39, 0.29) is 11.6 Å². The van der Waals surface area contributed by atoms with Gasteiger partial charge in [0.2, 0.25) is 15.9 Å². The summed E-state index contributed by atoms with van der Waals surface area (Å²) in [6.45, 7) is 2.12. The Morgan fingerprint density at radius 2 is 1.65 bits per heavy atom. The molecule has 0 N–H and O–H groups in total. The van der Waals surface area contributed by atoms with Crippen LogP contribution in [0.4, 0.5) is 10.1 Å². The van der Waals surface area contributed by atoms with Gasteiger partial charge >= 0.3 is 0 Å². The molecule has 0 bridgehead atoms. The molecule has 1 atom stereocenters. The summed E-state index contributed by atoms with van der Waals surface area (Å²) in [6, 6.07) is 13.6. The predicted octanol–water partition coefficient (Wildman–Crippen LogP) is 3.03. The molecule has 2 aromatic rings. The van der Waals surface area contributed by atoms with Gasteiger partial charge in [0.1, 0.15) is 11.9 Å². The zero-order valence-corrected chi connectivity index (χ0v) is 15.9. The van der Waals surface area contributed by atoms with E-state index in [4.69, 9.17) is 0 Å². The highest BCUT2D eigenvalue weighted by Crippen LogP contribution is 2.24. The third kappa shape index (κ3) is 4.82. The molecule has 1 amide bonds. The Balaban J connectivity index is 2.32. The van der Waals surface area contributed by atoms with E-state index in [2.05, 4.69) is 0 Å². The van der Waals surface area contributed by atoms with Crippen molar-refractivity contribution in [1.29, 1.82) is 0 Å². The topological polar surface area (TPSA) is 57.7 Å². The Labute approximate surface area is 154 Å². The molecule has 5 nitrogen and oxygen atoms in total. The third-order valence-corrected chi connectivity index (χ3v) is 5.21. The first-order valence-corrected chi connectivity index (χ1v) is 10.1. The molecule has 2 rings (SSSR count). The van der Waals surface area contributed by atoms with Crippen LogP contribution in [0.1, 0.15) is 18.9 Å². The number of nitrogens with zero attached hydrogens (tertiary/aromatic N) is 2. The van der Waals surface area contributed by atoms with Gasteiger partial charge < -0.3 is 4.90 Å². The van der Waals surface area contributed by atoms with Crippen molar-refractivity contribution in [2.45, 2.75) is 25.9 Å². The number of benzene rings is 2. The molecule has 0 radical (unpaired) electrons. The molecule has 7 heteroatoms. The Morgan fingerprint density at radius 1 is 1.08 bits per heavy atom. The van der Waals surface area contributed by atoms with E-state index in [1.807, 2.05) is 30.3 Å². The minimum Gasteiger partial charge on any atom is -0.340 e. The van der Waals surface area contributed by atoms with E-state index >= 15 is 0 Å². The maximum Gasteiger partial charge on any atom is 0.246 e. The fourth-order valence-electron chi connectivity index (χ4n) is 2.82. The SMILES string of the molecule is CC[C@H](C(=O)N(C)Cc1ccccc1)N(c1ccc(F)cc1)S(C)(=O)=O. The molecular weight excluding hydrogens is 355 g/mol. The number of likely N-dealkylation sites (N-methyl/N-ethyl adjacent to an activating group) is 1. The standard InChI is InChI=1S/C19H23FN2O3S/c1-4-18(19(23)21(2)14-15-8-6-5-7-9-15)22(26(3,24)25)17-12-10-16(20)11-13-17/h5-13,18H,4,14H2,1-3H3/t18-/m1/s1. The molecule has 0 saturated heterocycles. The lowest BCUT2D eigenvalue weighted by Crippen LogP contribution is -2.49. The zero-order valence-electron chi connectivity index (χ0n) is 15.1. The minimum absolute atomic E-state index is 0.266. The number of hydrogen-bond donors (Lipinski definition) is 0. The zero-order chi connectivity index (χ0) is 19.3. The first-order valence-electron chi connectivity index (χ1n) is 8.28. The van der Waals surface area contributed by atoms with Crippen molar-refractivity contribution >= 4 is 21.6 Å². The smallest absolute Gasteiger partial charge is 0.246 e. The monoisotopic (exact) mass is 378 g/mol. The van der Waals surface area contributed by atoms with Crippen LogP contribution in [0.2, 0.25) is 0 Å². The molecule has 140 valence electrons. The first-order chi connectivity index (χ1) is 12.2. The Morgan fingerprint density at radius 3 is 2.15 bits per heavy atom. The van der Waals surface area contributed by atoms with Gasteiger partial charge in [-0.2, -0.15) is 0 Å². The number of carbonyl (C=O) groups is 1. The van der Waals surface area contributed by atoms with E-state index in [0.717, 1.165) is 16.1 Å². The molecule has 0 aliphatic carbocycles. The summed E-state index contributed by atoms with van der Waals surface area (Å²) in [5.41, 5.74) is 1.22. The summed E-state index contributed by atoms with van der Waals surface area (Å²) in [4.78, 5) is 14.5. The number of hydrogen-bond acceptors (Lipinski definition) is 3. The summed E-state index contributed by atoms with van der Waals surface area (Å²) in [6.07, 6.45) is 1.34. The molecule has 0 heterocycles. The summed E-state index contributed by atoms with van der Waals surface area (Å²) < 4.78 is 39.0. The fourth-order valence-corrected chi connectivity index (χ4v) is 4.03. The van der Waals surface area contributed by atoms with Gasteiger partial charge in [-0.05, 0) is 36.2 Å². The molecule has 26 heavy (non-hydrogen) atoms. The van der Waals surface area contributed by atoms with Gasteiger partial charge in [-0.15, -0.1) is 0 Å². The van der Waals surface area contributed by atoms with Crippen LogP contribution in [-0.2, 0) is 21.4 Å². The van der Waals surface area contributed by atoms with Crippen molar-refractivity contribution in [2.75, 3.05) is 17.6 Å². The first kappa shape index (κ1) is 19.9. The van der Waals surface area contributed by atoms with Crippen molar-refractivity contribution in [2.24, 2.45) is 0 Å². The van der Waals surface area contributed by atoms with E-state index in [1.165, 1.54) is 29.2 Å². The molecular formula is C19H23FN2O3S. The molecule has 0 aliphatic rings. The van der Waals surface area contributed by atoms with E-state index in [1.54, 1.807) is 14.0 Å². The van der Waals surface area contributed by atoms with Crippen molar-refractivity contribution in [3.8, 4) is 0 Å². The lowest BCUT2D eigenvalue weighted by Gasteiger charge is -2.32. The van der Waals surface area contributed by atoms with Crippen LogP contribution < -0.4 is 4.31 Å². The van der Waals surface area contributed by atoms with Crippen molar-refractivity contribution < 1.29 is 17.6 Å². The van der Waals surface area contributed by atoms with Gasteiger partial charge in [-0.1, -0.05) is 37.3 Å². The maximum atomic E-state index is 13.2. The lowest BCUT2D eigenvalue weighted by molar-refractivity contribution is -0.131. The average molecular weight is 378 g/mol. The fraction of sp³-hybridized carbons (Fsp3) is 0.316. The second kappa shape index (κ2) is 8.31. The van der Waals surface area contributed by atoms with Crippen LogP contribution in [-0.4, -0.2) is 38.6 Å². The maximum absolute atomic E-state index is 13.2. The van der Waals surface area contributed by atoms with Gasteiger partial charge in [-0.25, -0.2) is 12.8 Å². The number of carbonyl (C=O) groups excluding carboxylic acids is 1. The summed E-state index contributed by atoms with van der Waals surface area (Å²) in [5.74, 6) is -0.783. The normalized spacial score (nSPS) is 12.5. The molecule has 0 fully saturated rings. The van der Waals surface area contributed by atoms with Crippen LogP contribution in [0.25, 0.3) is 0 Å². The molecule has 0 spiro atoms. The molecule has 0 unspecified atom stereocenters. The Bertz CT molecular complexity index is 839. The Hall–Kier alpha value is -2.41. The number of sulfonamides is 1. The largest absolute Gasteiger partial charge is 0.340 e. The van der Waals surface area contributed by atoms with Crippen molar-refractivity contribution in [3.63, 3.8) is 0 Å².